The van der Waals surface area contributed by atoms with Crippen LogP contribution in [0.2, 0.25) is 0 Å². The third-order valence-corrected chi connectivity index (χ3v) is 2.94. The van der Waals surface area contributed by atoms with Crippen LogP contribution < -0.4 is 0 Å². The Bertz CT molecular complexity index is 422. The molecule has 0 aromatic rings. The van der Waals surface area contributed by atoms with Crippen molar-refractivity contribution in [1.29, 1.82) is 0 Å². The zero-order valence-electron chi connectivity index (χ0n) is 12.8. The number of ether oxygens (including phenoxy) is 5. The monoisotopic (exact) mass is 320 g/mol. The smallest absolute Gasteiger partial charge is 0.303 e. The molecule has 0 saturated carbocycles. The van der Waals surface area contributed by atoms with Crippen LogP contribution in [0.5, 0.6) is 0 Å². The minimum absolute atomic E-state index is 0.279. The van der Waals surface area contributed by atoms with Crippen molar-refractivity contribution >= 4 is 17.9 Å². The number of methoxy groups -OCH3 is 1. The molecule has 1 fully saturated rings. The fourth-order valence-corrected chi connectivity index (χ4v) is 2.14. The van der Waals surface area contributed by atoms with Crippen LogP contribution in [0.15, 0.2) is 0 Å². The Balaban J connectivity index is 3.01. The van der Waals surface area contributed by atoms with Crippen molar-refractivity contribution in [3.05, 3.63) is 0 Å². The molecule has 0 aromatic carbocycles. The van der Waals surface area contributed by atoms with E-state index in [2.05, 4.69) is 0 Å². The Morgan fingerprint density at radius 2 is 1.50 bits per heavy atom. The average molecular weight is 320 g/mol. The molecule has 0 unspecified atom stereocenters. The van der Waals surface area contributed by atoms with Gasteiger partial charge in [-0.25, -0.2) is 0 Å². The van der Waals surface area contributed by atoms with Crippen LogP contribution in [-0.4, -0.2) is 67.4 Å². The molecule has 1 aliphatic rings. The molecule has 0 radical (unpaired) electrons. The number of aliphatic hydroxyl groups is 1. The molecular weight excluding hydrogens is 300 g/mol. The quantitative estimate of drug-likeness (QED) is 0.510. The lowest BCUT2D eigenvalue weighted by molar-refractivity contribution is -0.297. The molecule has 22 heavy (non-hydrogen) atoms. The predicted octanol–water partition coefficient (Wildman–Crippen LogP) is -0.855. The van der Waals surface area contributed by atoms with Crippen LogP contribution in [0.25, 0.3) is 0 Å². The third-order valence-electron chi connectivity index (χ3n) is 2.94. The standard InChI is InChI=1S/C13H20O9/c1-6(14)19-5-9-10(20-7(2)15)11(21-8(3)16)12(18-4)13(17)22-9/h9-13,17H,5H2,1-4H3/t9-,10-,11+,12+,13-/m1/s1. The van der Waals surface area contributed by atoms with Gasteiger partial charge >= 0.3 is 17.9 Å². The van der Waals surface area contributed by atoms with E-state index in [1.807, 2.05) is 0 Å². The highest BCUT2D eigenvalue weighted by atomic mass is 16.7. The van der Waals surface area contributed by atoms with E-state index in [1.54, 1.807) is 0 Å². The SMILES string of the molecule is CO[C@H]1[C@@H](OC(C)=O)[C@H](OC(C)=O)[C@@H](COC(C)=O)O[C@H]1O. The van der Waals surface area contributed by atoms with Crippen LogP contribution in [0.4, 0.5) is 0 Å². The summed E-state index contributed by atoms with van der Waals surface area (Å²) in [5.41, 5.74) is 0. The summed E-state index contributed by atoms with van der Waals surface area (Å²) in [6.45, 7) is 3.25. The van der Waals surface area contributed by atoms with Crippen molar-refractivity contribution in [1.82, 2.24) is 0 Å². The van der Waals surface area contributed by atoms with E-state index in [1.165, 1.54) is 27.9 Å². The average Bonchev–Trinajstić information content (AvgIpc) is 2.39. The molecule has 1 heterocycles. The highest BCUT2D eigenvalue weighted by molar-refractivity contribution is 5.67. The summed E-state index contributed by atoms with van der Waals surface area (Å²) in [7, 11) is 1.28. The second-order valence-electron chi connectivity index (χ2n) is 4.72. The highest BCUT2D eigenvalue weighted by Crippen LogP contribution is 2.27. The summed E-state index contributed by atoms with van der Waals surface area (Å²) < 4.78 is 25.3. The summed E-state index contributed by atoms with van der Waals surface area (Å²) in [6.07, 6.45) is -5.69. The fourth-order valence-electron chi connectivity index (χ4n) is 2.14. The molecule has 0 bridgehead atoms. The zero-order valence-corrected chi connectivity index (χ0v) is 12.8. The van der Waals surface area contributed by atoms with Crippen LogP contribution in [-0.2, 0) is 38.1 Å². The van der Waals surface area contributed by atoms with Gasteiger partial charge in [0, 0.05) is 27.9 Å². The number of carbonyl (C=O) groups excluding carboxylic acids is 3. The summed E-state index contributed by atoms with van der Waals surface area (Å²) in [6, 6.07) is 0. The first-order chi connectivity index (χ1) is 10.3. The Labute approximate surface area is 127 Å². The van der Waals surface area contributed by atoms with Gasteiger partial charge in [-0.1, -0.05) is 0 Å². The van der Waals surface area contributed by atoms with Gasteiger partial charge in [0.05, 0.1) is 0 Å². The van der Waals surface area contributed by atoms with E-state index in [0.29, 0.717) is 0 Å². The summed E-state index contributed by atoms with van der Waals surface area (Å²) in [5, 5.41) is 9.92. The van der Waals surface area contributed by atoms with E-state index in [4.69, 9.17) is 23.7 Å². The van der Waals surface area contributed by atoms with E-state index in [-0.39, 0.29) is 6.61 Å². The van der Waals surface area contributed by atoms with Gasteiger partial charge in [0.25, 0.3) is 0 Å². The number of hydrogen-bond donors (Lipinski definition) is 1. The number of hydrogen-bond acceptors (Lipinski definition) is 9. The third kappa shape index (κ3) is 4.93. The first-order valence-corrected chi connectivity index (χ1v) is 6.60. The van der Waals surface area contributed by atoms with Gasteiger partial charge in [0.1, 0.15) is 18.8 Å². The van der Waals surface area contributed by atoms with Crippen molar-refractivity contribution in [2.75, 3.05) is 13.7 Å². The predicted molar refractivity (Wildman–Crippen MR) is 69.4 cm³/mol. The Morgan fingerprint density at radius 3 is 1.95 bits per heavy atom. The van der Waals surface area contributed by atoms with Crippen LogP contribution in [0.1, 0.15) is 20.8 Å². The lowest BCUT2D eigenvalue weighted by Crippen LogP contribution is -2.61. The minimum Gasteiger partial charge on any atom is -0.463 e. The molecule has 1 rings (SSSR count). The number of aliphatic hydroxyl groups excluding tert-OH is 1. The Hall–Kier alpha value is -1.71. The largest absolute Gasteiger partial charge is 0.463 e. The molecule has 1 saturated heterocycles. The first kappa shape index (κ1) is 18.3. The summed E-state index contributed by atoms with van der Waals surface area (Å²) in [5.74, 6) is -1.87. The Morgan fingerprint density at radius 1 is 0.955 bits per heavy atom. The summed E-state index contributed by atoms with van der Waals surface area (Å²) in [4.78, 5) is 33.5. The molecule has 0 amide bonds. The van der Waals surface area contributed by atoms with Crippen molar-refractivity contribution in [3.63, 3.8) is 0 Å². The van der Waals surface area contributed by atoms with Crippen LogP contribution in [0.3, 0.4) is 0 Å². The zero-order chi connectivity index (χ0) is 16.9. The molecule has 9 nitrogen and oxygen atoms in total. The minimum atomic E-state index is -1.44. The first-order valence-electron chi connectivity index (χ1n) is 6.60. The number of rotatable bonds is 5. The lowest BCUT2D eigenvalue weighted by atomic mass is 9.98. The van der Waals surface area contributed by atoms with E-state index < -0.39 is 48.6 Å². The molecule has 0 spiro atoms. The second-order valence-corrected chi connectivity index (χ2v) is 4.72. The van der Waals surface area contributed by atoms with Crippen LogP contribution in [0, 0.1) is 0 Å². The molecule has 0 aromatic heterocycles. The van der Waals surface area contributed by atoms with Gasteiger partial charge in [-0.05, 0) is 0 Å². The van der Waals surface area contributed by atoms with Gasteiger partial charge < -0.3 is 28.8 Å². The van der Waals surface area contributed by atoms with Crippen molar-refractivity contribution in [2.24, 2.45) is 0 Å². The molecular formula is C13H20O9. The van der Waals surface area contributed by atoms with E-state index in [9.17, 15) is 19.5 Å². The van der Waals surface area contributed by atoms with E-state index >= 15 is 0 Å². The summed E-state index contributed by atoms with van der Waals surface area (Å²) >= 11 is 0. The maximum atomic E-state index is 11.3. The van der Waals surface area contributed by atoms with Gasteiger partial charge in [-0.3, -0.25) is 14.4 Å². The van der Waals surface area contributed by atoms with Gasteiger partial charge in [-0.2, -0.15) is 0 Å². The molecule has 1 N–H and O–H groups in total. The topological polar surface area (TPSA) is 118 Å². The highest BCUT2D eigenvalue weighted by Gasteiger charge is 2.50. The molecule has 9 heteroatoms. The maximum Gasteiger partial charge on any atom is 0.303 e. The van der Waals surface area contributed by atoms with Crippen molar-refractivity contribution in [2.45, 2.75) is 51.5 Å². The number of carbonyl (C=O) groups is 3. The Kier molecular flexibility index (Phi) is 6.72. The van der Waals surface area contributed by atoms with Crippen molar-refractivity contribution in [3.8, 4) is 0 Å². The second kappa shape index (κ2) is 8.06. The molecule has 1 aliphatic heterocycles. The van der Waals surface area contributed by atoms with Gasteiger partial charge in [0.15, 0.2) is 18.5 Å². The van der Waals surface area contributed by atoms with Gasteiger partial charge in [0.2, 0.25) is 0 Å². The maximum absolute atomic E-state index is 11.3. The van der Waals surface area contributed by atoms with Gasteiger partial charge in [-0.15, -0.1) is 0 Å². The fraction of sp³-hybridized carbons (Fsp3) is 0.769. The molecule has 126 valence electrons. The van der Waals surface area contributed by atoms with Crippen molar-refractivity contribution < 1.29 is 43.2 Å². The molecule has 5 atom stereocenters. The normalized spacial score (nSPS) is 31.2. The van der Waals surface area contributed by atoms with E-state index in [0.717, 1.165) is 0 Å². The molecule has 0 aliphatic carbocycles. The van der Waals surface area contributed by atoms with Crippen LogP contribution >= 0.6 is 0 Å². The number of esters is 3. The lowest BCUT2D eigenvalue weighted by Gasteiger charge is -2.42.